The van der Waals surface area contributed by atoms with Crippen LogP contribution in [-0.2, 0) is 0 Å². The highest BCUT2D eigenvalue weighted by atomic mass is 19.1. The van der Waals surface area contributed by atoms with Crippen LogP contribution in [0.3, 0.4) is 0 Å². The summed E-state index contributed by atoms with van der Waals surface area (Å²) in [6.07, 6.45) is 0. The minimum absolute atomic E-state index is 0.0811. The van der Waals surface area contributed by atoms with Crippen molar-refractivity contribution in [2.24, 2.45) is 0 Å². The fourth-order valence-electron chi connectivity index (χ4n) is 1.68. The number of nitrogens with zero attached hydrogens (tertiary/aromatic N) is 1. The molecular weight excluding hydrogens is 209 g/mol. The molecule has 0 fully saturated rings. The fourth-order valence-corrected chi connectivity index (χ4v) is 1.68. The lowest BCUT2D eigenvalue weighted by atomic mass is 10.1. The fraction of sp³-hybridized carbons (Fsp3) is 0.333. The number of halogens is 1. The molecule has 0 saturated carbocycles. The minimum Gasteiger partial charge on any atom is -0.272 e. The predicted molar refractivity (Wildman–Crippen MR) is 59.1 cm³/mol. The lowest BCUT2D eigenvalue weighted by Gasteiger charge is -2.17. The molecular formula is C12H14FNO2. The summed E-state index contributed by atoms with van der Waals surface area (Å²) in [6.45, 7) is 3.67. The van der Waals surface area contributed by atoms with Gasteiger partial charge in [-0.1, -0.05) is 12.1 Å². The second-order valence-corrected chi connectivity index (χ2v) is 3.62. The van der Waals surface area contributed by atoms with Crippen molar-refractivity contribution in [2.75, 3.05) is 7.18 Å². The topological polar surface area (TPSA) is 37.4 Å². The van der Waals surface area contributed by atoms with Crippen LogP contribution in [0.5, 0.6) is 0 Å². The number of fused-ring (bicyclic) bond motifs is 1. The van der Waals surface area contributed by atoms with E-state index in [9.17, 15) is 14.0 Å². The summed E-state index contributed by atoms with van der Waals surface area (Å²) in [5, 5.41) is 0. The van der Waals surface area contributed by atoms with E-state index in [0.29, 0.717) is 18.3 Å². The van der Waals surface area contributed by atoms with Gasteiger partial charge < -0.3 is 0 Å². The molecule has 4 heteroatoms. The smallest absolute Gasteiger partial charge is 0.261 e. The van der Waals surface area contributed by atoms with Crippen molar-refractivity contribution in [3.05, 3.63) is 35.4 Å². The van der Waals surface area contributed by atoms with Crippen molar-refractivity contribution >= 4 is 11.8 Å². The second kappa shape index (κ2) is 4.88. The van der Waals surface area contributed by atoms with E-state index in [-0.39, 0.29) is 17.9 Å². The quantitative estimate of drug-likeness (QED) is 0.685. The maximum atomic E-state index is 11.8. The van der Waals surface area contributed by atoms with Gasteiger partial charge in [-0.15, -0.1) is 0 Å². The van der Waals surface area contributed by atoms with E-state index in [1.165, 1.54) is 4.90 Å². The summed E-state index contributed by atoms with van der Waals surface area (Å²) in [5.41, 5.74) is 1.04. The molecule has 0 unspecified atom stereocenters. The summed E-state index contributed by atoms with van der Waals surface area (Å²) in [6, 6.07) is 6.85. The zero-order valence-electron chi connectivity index (χ0n) is 9.53. The lowest BCUT2D eigenvalue weighted by molar-refractivity contribution is 0.0609. The Balaban J connectivity index is 0.000000606. The summed E-state index contributed by atoms with van der Waals surface area (Å²) in [4.78, 5) is 24.8. The van der Waals surface area contributed by atoms with Crippen LogP contribution in [0.4, 0.5) is 4.39 Å². The minimum atomic E-state index is -0.180. The molecule has 0 bridgehead atoms. The van der Waals surface area contributed by atoms with Gasteiger partial charge in [0, 0.05) is 6.04 Å². The number of amides is 2. The van der Waals surface area contributed by atoms with Gasteiger partial charge in [0.15, 0.2) is 0 Å². The van der Waals surface area contributed by atoms with Crippen LogP contribution in [0.25, 0.3) is 0 Å². The molecule has 1 aromatic rings. The zero-order valence-corrected chi connectivity index (χ0v) is 9.53. The molecule has 86 valence electrons. The molecule has 1 aliphatic heterocycles. The number of rotatable bonds is 1. The Morgan fingerprint density at radius 3 is 1.69 bits per heavy atom. The van der Waals surface area contributed by atoms with Gasteiger partial charge in [0.25, 0.3) is 11.8 Å². The molecule has 0 radical (unpaired) electrons. The van der Waals surface area contributed by atoms with Crippen LogP contribution < -0.4 is 0 Å². The zero-order chi connectivity index (χ0) is 12.3. The third-order valence-corrected chi connectivity index (χ3v) is 2.34. The molecule has 3 nitrogen and oxygen atoms in total. The molecule has 0 saturated heterocycles. The summed E-state index contributed by atoms with van der Waals surface area (Å²) < 4.78 is 9.50. The predicted octanol–water partition coefficient (Wildman–Crippen LogP) is 2.28. The lowest BCUT2D eigenvalue weighted by Crippen LogP contribution is -2.35. The van der Waals surface area contributed by atoms with Crippen molar-refractivity contribution in [2.45, 2.75) is 19.9 Å². The molecule has 1 aromatic carbocycles. The summed E-state index contributed by atoms with van der Waals surface area (Å²) in [5.74, 6) is -0.360. The van der Waals surface area contributed by atoms with Crippen LogP contribution in [0.15, 0.2) is 24.3 Å². The van der Waals surface area contributed by atoms with E-state index in [4.69, 9.17) is 0 Å². The van der Waals surface area contributed by atoms with E-state index in [1.54, 1.807) is 24.3 Å². The largest absolute Gasteiger partial charge is 0.272 e. The van der Waals surface area contributed by atoms with Crippen molar-refractivity contribution in [1.82, 2.24) is 4.90 Å². The first-order valence-electron chi connectivity index (χ1n) is 4.97. The number of carbonyl (C=O) groups excluding carboxylic acids is 2. The van der Waals surface area contributed by atoms with E-state index >= 15 is 0 Å². The molecule has 2 rings (SSSR count). The number of hydrogen-bond donors (Lipinski definition) is 0. The van der Waals surface area contributed by atoms with Crippen LogP contribution in [-0.4, -0.2) is 29.9 Å². The Labute approximate surface area is 93.9 Å². The van der Waals surface area contributed by atoms with Gasteiger partial charge in [-0.25, -0.2) is 0 Å². The van der Waals surface area contributed by atoms with Crippen LogP contribution in [0.1, 0.15) is 34.6 Å². The first-order chi connectivity index (χ1) is 7.63. The molecule has 0 aromatic heterocycles. The third-order valence-electron chi connectivity index (χ3n) is 2.34. The van der Waals surface area contributed by atoms with E-state index in [2.05, 4.69) is 0 Å². The van der Waals surface area contributed by atoms with Crippen molar-refractivity contribution in [3.8, 4) is 0 Å². The Hall–Kier alpha value is -1.71. The number of carbonyl (C=O) groups is 2. The van der Waals surface area contributed by atoms with Gasteiger partial charge in [-0.2, -0.15) is 0 Å². The number of imide groups is 1. The standard InChI is InChI=1S/C11H11NO2.CH3F/c1-7(2)12-10(13)8-5-3-4-6-9(8)11(12)14;1-2/h3-7H,1-2H3;1H3. The highest BCUT2D eigenvalue weighted by Gasteiger charge is 2.36. The monoisotopic (exact) mass is 223 g/mol. The molecule has 0 N–H and O–H groups in total. The van der Waals surface area contributed by atoms with Gasteiger partial charge >= 0.3 is 0 Å². The Bertz CT molecular complexity index is 380. The maximum absolute atomic E-state index is 11.8. The molecule has 1 heterocycles. The maximum Gasteiger partial charge on any atom is 0.261 e. The normalized spacial score (nSPS) is 13.7. The molecule has 0 spiro atoms. The highest BCUT2D eigenvalue weighted by molar-refractivity contribution is 6.21. The van der Waals surface area contributed by atoms with Crippen LogP contribution in [0, 0.1) is 0 Å². The number of benzene rings is 1. The number of alkyl halides is 1. The Morgan fingerprint density at radius 2 is 1.38 bits per heavy atom. The van der Waals surface area contributed by atoms with Crippen LogP contribution >= 0.6 is 0 Å². The first kappa shape index (κ1) is 12.4. The Morgan fingerprint density at radius 1 is 1.00 bits per heavy atom. The van der Waals surface area contributed by atoms with Gasteiger partial charge in [-0.05, 0) is 26.0 Å². The van der Waals surface area contributed by atoms with Crippen LogP contribution in [0.2, 0.25) is 0 Å². The molecule has 1 aliphatic rings. The van der Waals surface area contributed by atoms with E-state index in [0.717, 1.165) is 0 Å². The summed E-state index contributed by atoms with van der Waals surface area (Å²) in [7, 11) is 0.500. The average Bonchev–Trinajstić information content (AvgIpc) is 2.55. The van der Waals surface area contributed by atoms with Crippen molar-refractivity contribution in [1.29, 1.82) is 0 Å². The SMILES string of the molecule is CC(C)N1C(=O)c2ccccc2C1=O.CF. The molecule has 0 aliphatic carbocycles. The molecule has 0 atom stereocenters. The highest BCUT2D eigenvalue weighted by Crippen LogP contribution is 2.23. The second-order valence-electron chi connectivity index (χ2n) is 3.62. The van der Waals surface area contributed by atoms with E-state index < -0.39 is 0 Å². The average molecular weight is 223 g/mol. The Kier molecular flexibility index (Phi) is 3.77. The van der Waals surface area contributed by atoms with Crippen molar-refractivity contribution < 1.29 is 14.0 Å². The number of hydrogen-bond acceptors (Lipinski definition) is 2. The third kappa shape index (κ3) is 1.83. The first-order valence-corrected chi connectivity index (χ1v) is 4.97. The molecule has 16 heavy (non-hydrogen) atoms. The summed E-state index contributed by atoms with van der Waals surface area (Å²) >= 11 is 0. The van der Waals surface area contributed by atoms with Gasteiger partial charge in [0.2, 0.25) is 0 Å². The van der Waals surface area contributed by atoms with Gasteiger partial charge in [0.1, 0.15) is 0 Å². The van der Waals surface area contributed by atoms with Gasteiger partial charge in [0.05, 0.1) is 18.3 Å². The molecule has 2 amide bonds. The van der Waals surface area contributed by atoms with E-state index in [1.807, 2.05) is 13.8 Å². The van der Waals surface area contributed by atoms with Gasteiger partial charge in [-0.3, -0.25) is 18.9 Å². The van der Waals surface area contributed by atoms with Crippen molar-refractivity contribution in [3.63, 3.8) is 0 Å².